The molecule has 0 amide bonds. The normalized spacial score (nSPS) is 18.3. The monoisotopic (exact) mass is 572 g/mol. The van der Waals surface area contributed by atoms with Crippen molar-refractivity contribution in [2.45, 2.75) is 0 Å². The molecule has 7 nitrogen and oxygen atoms in total. The fraction of sp³-hybridized carbons (Fsp3) is 0.520. The van der Waals surface area contributed by atoms with Crippen LogP contribution in [0, 0.1) is 0 Å². The Bertz CT molecular complexity index is 751. The van der Waals surface area contributed by atoms with E-state index in [1.165, 1.54) is 31.4 Å². The molecule has 3 rings (SSSR count). The first-order valence-electron chi connectivity index (χ1n) is 11.9. The van der Waals surface area contributed by atoms with Gasteiger partial charge in [0.15, 0.2) is 0 Å². The standard InChI is InChI=1S/C13H12F3OSi.C12H24O6.K/c1-17-11-7-9-13(10-8-11)18(14,15,16)12-5-3-2-4-6-12;1-2-14-5-6-16-9-10-18-12-11-17-8-7-15-4-3-13-1;/h2-10H,1H3;1-12H2;/q-1;;+1. The van der Waals surface area contributed by atoms with Crippen molar-refractivity contribution < 1.29 is 96.9 Å². The Labute approximate surface area is 260 Å². The van der Waals surface area contributed by atoms with Gasteiger partial charge in [-0.3, -0.25) is 0 Å². The summed E-state index contributed by atoms with van der Waals surface area (Å²) in [6.45, 7) is 7.04. The van der Waals surface area contributed by atoms with Gasteiger partial charge in [0.25, 0.3) is 0 Å². The Morgan fingerprint density at radius 1 is 0.514 bits per heavy atom. The van der Waals surface area contributed by atoms with Gasteiger partial charge in [-0.15, -0.1) is 0 Å². The van der Waals surface area contributed by atoms with Crippen LogP contribution in [0.25, 0.3) is 0 Å². The maximum Gasteiger partial charge on any atom is 1.00 e. The zero-order chi connectivity index (χ0) is 26.0. The van der Waals surface area contributed by atoms with E-state index in [2.05, 4.69) is 0 Å². The van der Waals surface area contributed by atoms with Gasteiger partial charge in [0.1, 0.15) is 0 Å². The Hall–Kier alpha value is -0.357. The average Bonchev–Trinajstić information content (AvgIpc) is 2.89. The van der Waals surface area contributed by atoms with Crippen molar-refractivity contribution in [3.05, 3.63) is 54.6 Å². The van der Waals surface area contributed by atoms with Crippen LogP contribution in [-0.2, 0) is 28.4 Å². The van der Waals surface area contributed by atoms with Crippen LogP contribution in [0.1, 0.15) is 0 Å². The molecule has 0 aromatic heterocycles. The molecule has 1 heterocycles. The second kappa shape index (κ2) is 19.7. The molecular formula is C25H36F3KO7Si. The van der Waals surface area contributed by atoms with Crippen molar-refractivity contribution >= 4 is 18.7 Å². The molecule has 1 fully saturated rings. The third-order valence-corrected chi connectivity index (χ3v) is 7.59. The summed E-state index contributed by atoms with van der Waals surface area (Å²) in [5, 5.41) is -1.11. The molecule has 1 saturated heterocycles. The van der Waals surface area contributed by atoms with Gasteiger partial charge < -0.3 is 28.4 Å². The molecule has 0 radical (unpaired) electrons. The van der Waals surface area contributed by atoms with E-state index in [9.17, 15) is 12.3 Å². The summed E-state index contributed by atoms with van der Waals surface area (Å²) in [6, 6.07) is 11.5. The zero-order valence-electron chi connectivity index (χ0n) is 21.7. The molecule has 12 heteroatoms. The third kappa shape index (κ3) is 14.0. The Morgan fingerprint density at radius 2 is 0.811 bits per heavy atom. The number of hydrogen-bond donors (Lipinski definition) is 0. The maximum absolute atomic E-state index is 14.3. The van der Waals surface area contributed by atoms with Crippen LogP contribution in [0.5, 0.6) is 5.75 Å². The predicted octanol–water partition coefficient (Wildman–Crippen LogP) is -0.286. The van der Waals surface area contributed by atoms with Crippen LogP contribution in [0.4, 0.5) is 12.3 Å². The van der Waals surface area contributed by atoms with Gasteiger partial charge in [0.05, 0.1) is 79.3 Å². The van der Waals surface area contributed by atoms with Crippen LogP contribution in [-0.4, -0.2) is 94.7 Å². The molecule has 0 aliphatic carbocycles. The summed E-state index contributed by atoms with van der Waals surface area (Å²) in [6.07, 6.45) is 0. The van der Waals surface area contributed by atoms with Gasteiger partial charge in [-0.25, -0.2) is 0 Å². The van der Waals surface area contributed by atoms with Gasteiger partial charge in [-0.1, -0.05) is 0 Å². The molecule has 0 saturated carbocycles. The van der Waals surface area contributed by atoms with Gasteiger partial charge >= 0.3 is 155 Å². The predicted molar refractivity (Wildman–Crippen MR) is 133 cm³/mol. The maximum atomic E-state index is 14.3. The Kier molecular flexibility index (Phi) is 18.4. The van der Waals surface area contributed by atoms with Crippen LogP contribution >= 0.6 is 0 Å². The van der Waals surface area contributed by atoms with Crippen molar-refractivity contribution in [3.8, 4) is 5.75 Å². The molecule has 0 N–H and O–H groups in total. The summed E-state index contributed by atoms with van der Waals surface area (Å²) in [5.74, 6) is 0.419. The largest absolute Gasteiger partial charge is 1.00 e. The number of hydrogen-bond acceptors (Lipinski definition) is 7. The summed E-state index contributed by atoms with van der Waals surface area (Å²) in [4.78, 5) is 0. The molecule has 2 aromatic rings. The van der Waals surface area contributed by atoms with E-state index < -0.39 is 18.7 Å². The average molecular weight is 573 g/mol. The molecule has 0 atom stereocenters. The summed E-state index contributed by atoms with van der Waals surface area (Å²) in [7, 11) is -5.38. The fourth-order valence-corrected chi connectivity index (χ4v) is 4.84. The first-order valence-corrected chi connectivity index (χ1v) is 14.0. The minimum absolute atomic E-state index is 0. The number of ether oxygens (including phenoxy) is 7. The van der Waals surface area contributed by atoms with Crippen molar-refractivity contribution in [2.24, 2.45) is 0 Å². The minimum Gasteiger partial charge on any atom is 1.00 e. The Morgan fingerprint density at radius 3 is 1.11 bits per heavy atom. The molecule has 2 aromatic carbocycles. The van der Waals surface area contributed by atoms with E-state index in [0.29, 0.717) is 85.0 Å². The summed E-state index contributed by atoms with van der Waals surface area (Å²) in [5.41, 5.74) is 0. The molecule has 0 unspecified atom stereocenters. The van der Waals surface area contributed by atoms with E-state index >= 15 is 0 Å². The Balaban J connectivity index is 0.000000360. The van der Waals surface area contributed by atoms with E-state index in [1.54, 1.807) is 6.07 Å². The number of halogens is 3. The van der Waals surface area contributed by atoms with Crippen LogP contribution < -0.4 is 66.5 Å². The minimum atomic E-state index is -6.80. The van der Waals surface area contributed by atoms with Crippen LogP contribution in [0.3, 0.4) is 0 Å². The molecule has 1 aliphatic heterocycles. The van der Waals surface area contributed by atoms with Gasteiger partial charge in [0.2, 0.25) is 0 Å². The van der Waals surface area contributed by atoms with Crippen LogP contribution in [0.2, 0.25) is 0 Å². The molecular weight excluding hydrogens is 536 g/mol. The number of benzene rings is 2. The molecule has 1 aliphatic rings. The van der Waals surface area contributed by atoms with Crippen molar-refractivity contribution in [3.63, 3.8) is 0 Å². The quantitative estimate of drug-likeness (QED) is 0.370. The number of rotatable bonds is 3. The topological polar surface area (TPSA) is 64.6 Å². The smallest absolute Gasteiger partial charge is 1.00 e. The van der Waals surface area contributed by atoms with Gasteiger partial charge in [0, 0.05) is 0 Å². The second-order valence-electron chi connectivity index (χ2n) is 7.67. The van der Waals surface area contributed by atoms with Crippen LogP contribution in [0.15, 0.2) is 54.6 Å². The van der Waals surface area contributed by atoms with E-state index in [4.69, 9.17) is 33.2 Å². The molecule has 0 bridgehead atoms. The first kappa shape index (κ1) is 34.7. The van der Waals surface area contributed by atoms with Gasteiger partial charge in [-0.05, 0) is 0 Å². The van der Waals surface area contributed by atoms with E-state index in [0.717, 1.165) is 24.3 Å². The zero-order valence-corrected chi connectivity index (χ0v) is 25.8. The summed E-state index contributed by atoms with van der Waals surface area (Å²) < 4.78 is 79.6. The molecule has 204 valence electrons. The SMILES string of the molecule is C1COCCOCCOCCOCCOCCO1.COc1ccc([Si-](F)(F)(F)c2ccccc2)cc1.[K+]. The van der Waals surface area contributed by atoms with E-state index in [-0.39, 0.29) is 51.4 Å². The second-order valence-corrected chi connectivity index (χ2v) is 10.6. The summed E-state index contributed by atoms with van der Waals surface area (Å²) >= 11 is 0. The van der Waals surface area contributed by atoms with Crippen molar-refractivity contribution in [2.75, 3.05) is 86.4 Å². The van der Waals surface area contributed by atoms with E-state index in [1.807, 2.05) is 0 Å². The van der Waals surface area contributed by atoms with Crippen molar-refractivity contribution in [1.82, 2.24) is 0 Å². The first-order chi connectivity index (χ1) is 17.4. The van der Waals surface area contributed by atoms with Gasteiger partial charge in [-0.2, -0.15) is 0 Å². The fourth-order valence-electron chi connectivity index (χ4n) is 3.06. The van der Waals surface area contributed by atoms with Crippen molar-refractivity contribution in [1.29, 1.82) is 0 Å². The number of methoxy groups -OCH3 is 1. The molecule has 37 heavy (non-hydrogen) atoms. The third-order valence-electron chi connectivity index (χ3n) is 5.04. The molecule has 0 spiro atoms.